The highest BCUT2D eigenvalue weighted by molar-refractivity contribution is 5.08. The Kier molecular flexibility index (Phi) is 2.31. The second-order valence-corrected chi connectivity index (χ2v) is 2.12. The van der Waals surface area contributed by atoms with Crippen molar-refractivity contribution < 1.29 is 9.26 Å². The summed E-state index contributed by atoms with van der Waals surface area (Å²) in [6.07, 6.45) is 0.992. The van der Waals surface area contributed by atoms with Crippen LogP contribution in [0, 0.1) is 6.92 Å². The minimum atomic E-state index is 0.583. The van der Waals surface area contributed by atoms with Crippen LogP contribution in [-0.4, -0.2) is 11.8 Å². The van der Waals surface area contributed by atoms with Crippen LogP contribution in [-0.2, 0) is 0 Å². The van der Waals surface area contributed by atoms with E-state index in [9.17, 15) is 0 Å². The average molecular weight is 141 g/mol. The van der Waals surface area contributed by atoms with Crippen LogP contribution < -0.4 is 4.74 Å². The number of ether oxygens (including phenoxy) is 1. The Bertz CT molecular complexity index is 195. The summed E-state index contributed by atoms with van der Waals surface area (Å²) in [6, 6.07) is 1.77. The maximum atomic E-state index is 5.17. The lowest BCUT2D eigenvalue weighted by Crippen LogP contribution is -1.94. The van der Waals surface area contributed by atoms with Crippen molar-refractivity contribution in [2.45, 2.75) is 20.3 Å². The number of aromatic nitrogens is 1. The summed E-state index contributed by atoms with van der Waals surface area (Å²) in [5, 5.41) is 3.66. The third-order valence-electron chi connectivity index (χ3n) is 1.06. The van der Waals surface area contributed by atoms with Gasteiger partial charge in [0.1, 0.15) is 5.76 Å². The van der Waals surface area contributed by atoms with Gasteiger partial charge in [-0.05, 0) is 18.5 Å². The summed E-state index contributed by atoms with van der Waals surface area (Å²) in [4.78, 5) is 0. The summed E-state index contributed by atoms with van der Waals surface area (Å²) in [5.74, 6) is 1.37. The highest BCUT2D eigenvalue weighted by Gasteiger charge is 1.97. The fourth-order valence-electron chi connectivity index (χ4n) is 0.618. The summed E-state index contributed by atoms with van der Waals surface area (Å²) >= 11 is 0. The highest BCUT2D eigenvalue weighted by atomic mass is 16.5. The van der Waals surface area contributed by atoms with E-state index in [-0.39, 0.29) is 0 Å². The number of aryl methyl sites for hydroxylation is 1. The smallest absolute Gasteiger partial charge is 0.254 e. The van der Waals surface area contributed by atoms with Gasteiger partial charge in [-0.3, -0.25) is 0 Å². The Labute approximate surface area is 60.0 Å². The van der Waals surface area contributed by atoms with E-state index in [1.807, 2.05) is 13.8 Å². The first-order valence-electron chi connectivity index (χ1n) is 3.39. The zero-order valence-electron chi connectivity index (χ0n) is 6.26. The van der Waals surface area contributed by atoms with Crippen molar-refractivity contribution in [2.75, 3.05) is 6.61 Å². The molecule has 0 saturated carbocycles. The lowest BCUT2D eigenvalue weighted by atomic mass is 10.5. The molecule has 0 fully saturated rings. The molecule has 10 heavy (non-hydrogen) atoms. The van der Waals surface area contributed by atoms with Gasteiger partial charge in [0.25, 0.3) is 5.88 Å². The first-order valence-corrected chi connectivity index (χ1v) is 3.39. The highest BCUT2D eigenvalue weighted by Crippen LogP contribution is 2.09. The van der Waals surface area contributed by atoms with Crippen molar-refractivity contribution in [3.63, 3.8) is 0 Å². The molecule has 1 aromatic rings. The van der Waals surface area contributed by atoms with Gasteiger partial charge in [0.15, 0.2) is 0 Å². The first kappa shape index (κ1) is 7.12. The largest absolute Gasteiger partial charge is 0.476 e. The summed E-state index contributed by atoms with van der Waals surface area (Å²) in [6.45, 7) is 4.59. The van der Waals surface area contributed by atoms with E-state index in [1.54, 1.807) is 6.07 Å². The van der Waals surface area contributed by atoms with Crippen molar-refractivity contribution in [3.8, 4) is 5.88 Å². The minimum absolute atomic E-state index is 0.583. The van der Waals surface area contributed by atoms with Gasteiger partial charge in [0, 0.05) is 6.07 Å². The average Bonchev–Trinajstić information content (AvgIpc) is 2.31. The van der Waals surface area contributed by atoms with Gasteiger partial charge in [0.2, 0.25) is 0 Å². The van der Waals surface area contributed by atoms with Crippen molar-refractivity contribution in [3.05, 3.63) is 11.8 Å². The Morgan fingerprint density at radius 1 is 1.70 bits per heavy atom. The van der Waals surface area contributed by atoms with E-state index < -0.39 is 0 Å². The monoisotopic (exact) mass is 141 g/mol. The van der Waals surface area contributed by atoms with Crippen molar-refractivity contribution in [2.24, 2.45) is 0 Å². The van der Waals surface area contributed by atoms with Crippen LogP contribution in [0.2, 0.25) is 0 Å². The van der Waals surface area contributed by atoms with E-state index in [4.69, 9.17) is 9.26 Å². The Balaban J connectivity index is 2.42. The van der Waals surface area contributed by atoms with Gasteiger partial charge in [0.05, 0.1) is 6.61 Å². The first-order chi connectivity index (χ1) is 4.83. The molecule has 0 N–H and O–H groups in total. The summed E-state index contributed by atoms with van der Waals surface area (Å²) in [5.41, 5.74) is 0. The molecule has 0 aromatic carbocycles. The molecule has 1 rings (SSSR count). The number of hydrogen-bond donors (Lipinski definition) is 0. The van der Waals surface area contributed by atoms with Crippen LogP contribution in [0.25, 0.3) is 0 Å². The minimum Gasteiger partial charge on any atom is -0.476 e. The second-order valence-electron chi connectivity index (χ2n) is 2.12. The maximum absolute atomic E-state index is 5.17. The molecule has 3 heteroatoms. The summed E-state index contributed by atoms with van der Waals surface area (Å²) in [7, 11) is 0. The molecule has 0 radical (unpaired) electrons. The van der Waals surface area contributed by atoms with Gasteiger partial charge >= 0.3 is 0 Å². The lowest BCUT2D eigenvalue weighted by molar-refractivity contribution is 0.277. The fourth-order valence-corrected chi connectivity index (χ4v) is 0.618. The third kappa shape index (κ3) is 1.76. The van der Waals surface area contributed by atoms with E-state index >= 15 is 0 Å². The lowest BCUT2D eigenvalue weighted by Gasteiger charge is -1.95. The maximum Gasteiger partial charge on any atom is 0.254 e. The molecule has 0 aliphatic heterocycles. The Hall–Kier alpha value is -0.990. The number of hydrogen-bond acceptors (Lipinski definition) is 3. The zero-order chi connectivity index (χ0) is 7.40. The fraction of sp³-hybridized carbons (Fsp3) is 0.571. The molecule has 0 bridgehead atoms. The Morgan fingerprint density at radius 3 is 3.00 bits per heavy atom. The topological polar surface area (TPSA) is 35.3 Å². The molecular weight excluding hydrogens is 130 g/mol. The van der Waals surface area contributed by atoms with E-state index in [2.05, 4.69) is 5.16 Å². The second kappa shape index (κ2) is 3.25. The van der Waals surface area contributed by atoms with Crippen molar-refractivity contribution in [1.82, 2.24) is 5.16 Å². The van der Waals surface area contributed by atoms with Gasteiger partial charge in [-0.15, -0.1) is 0 Å². The third-order valence-corrected chi connectivity index (χ3v) is 1.06. The molecule has 0 spiro atoms. The normalized spacial score (nSPS) is 9.80. The molecule has 3 nitrogen and oxygen atoms in total. The Morgan fingerprint density at radius 2 is 2.50 bits per heavy atom. The molecular formula is C7H11NO2. The van der Waals surface area contributed by atoms with Crippen LogP contribution in [0.1, 0.15) is 19.1 Å². The molecule has 0 unspecified atom stereocenters. The van der Waals surface area contributed by atoms with Crippen molar-refractivity contribution in [1.29, 1.82) is 0 Å². The van der Waals surface area contributed by atoms with E-state index in [0.29, 0.717) is 12.5 Å². The van der Waals surface area contributed by atoms with Gasteiger partial charge in [-0.1, -0.05) is 6.92 Å². The van der Waals surface area contributed by atoms with Gasteiger partial charge < -0.3 is 9.26 Å². The van der Waals surface area contributed by atoms with Crippen LogP contribution in [0.15, 0.2) is 10.6 Å². The zero-order valence-corrected chi connectivity index (χ0v) is 6.26. The van der Waals surface area contributed by atoms with Crippen LogP contribution in [0.4, 0.5) is 0 Å². The van der Waals surface area contributed by atoms with Gasteiger partial charge in [-0.2, -0.15) is 0 Å². The van der Waals surface area contributed by atoms with Crippen LogP contribution in [0.3, 0.4) is 0 Å². The molecule has 1 aromatic heterocycles. The van der Waals surface area contributed by atoms with E-state index in [1.165, 1.54) is 0 Å². The summed E-state index contributed by atoms with van der Waals surface area (Å²) < 4.78 is 9.96. The van der Waals surface area contributed by atoms with Crippen LogP contribution in [0.5, 0.6) is 5.88 Å². The molecule has 0 atom stereocenters. The molecule has 56 valence electrons. The van der Waals surface area contributed by atoms with Crippen LogP contribution >= 0.6 is 0 Å². The standard InChI is InChI=1S/C7H11NO2/c1-3-4-9-7-5-6(2)10-8-7/h5H,3-4H2,1-2H3. The predicted molar refractivity (Wildman–Crippen MR) is 37.0 cm³/mol. The molecule has 0 aliphatic carbocycles. The molecule has 0 saturated heterocycles. The molecule has 0 aliphatic rings. The van der Waals surface area contributed by atoms with E-state index in [0.717, 1.165) is 12.2 Å². The number of nitrogens with zero attached hydrogens (tertiary/aromatic N) is 1. The number of rotatable bonds is 3. The SMILES string of the molecule is CCCOc1cc(C)on1. The van der Waals surface area contributed by atoms with Gasteiger partial charge in [-0.25, -0.2) is 0 Å². The van der Waals surface area contributed by atoms with Crippen molar-refractivity contribution >= 4 is 0 Å². The molecule has 0 amide bonds. The predicted octanol–water partition coefficient (Wildman–Crippen LogP) is 1.77. The quantitative estimate of drug-likeness (QED) is 0.643. The molecule has 1 heterocycles.